The molecule has 15 heavy (non-hydrogen) atoms. The maximum absolute atomic E-state index is 6.09. The normalized spacial score (nSPS) is 22.6. The van der Waals surface area contributed by atoms with E-state index in [1.54, 1.807) is 0 Å². The first-order valence-corrected chi connectivity index (χ1v) is 6.53. The van der Waals surface area contributed by atoms with Crippen LogP contribution in [0.1, 0.15) is 6.42 Å². The van der Waals surface area contributed by atoms with Crippen LogP contribution in [0.3, 0.4) is 0 Å². The van der Waals surface area contributed by atoms with Gasteiger partial charge in [-0.1, -0.05) is 18.2 Å². The lowest BCUT2D eigenvalue weighted by molar-refractivity contribution is 0.255. The molecule has 2 unspecified atom stereocenters. The van der Waals surface area contributed by atoms with Gasteiger partial charge in [0.05, 0.1) is 0 Å². The number of nitrogens with two attached hydrogens (primary N) is 1. The maximum Gasteiger partial charge on any atom is 0.119 e. The second-order valence-electron chi connectivity index (χ2n) is 3.91. The summed E-state index contributed by atoms with van der Waals surface area (Å²) in [5, 5.41) is 0. The van der Waals surface area contributed by atoms with Crippen LogP contribution in [0.4, 0.5) is 0 Å². The molecule has 0 amide bonds. The average molecular weight is 223 g/mol. The Hall–Kier alpha value is -0.670. The molecule has 0 saturated carbocycles. The van der Waals surface area contributed by atoms with Crippen LogP contribution in [0.25, 0.3) is 0 Å². The molecule has 2 nitrogen and oxygen atoms in total. The summed E-state index contributed by atoms with van der Waals surface area (Å²) in [7, 11) is 0. The fraction of sp³-hybridized carbons (Fsp3) is 0.500. The summed E-state index contributed by atoms with van der Waals surface area (Å²) in [6, 6.07) is 10.1. The van der Waals surface area contributed by atoms with Crippen LogP contribution in [0.15, 0.2) is 30.3 Å². The SMILES string of the molecule is NC(COc1ccccc1)C1CCSC1. The molecule has 0 bridgehead atoms. The van der Waals surface area contributed by atoms with Crippen LogP contribution in [0, 0.1) is 5.92 Å². The Balaban J connectivity index is 1.77. The van der Waals surface area contributed by atoms with E-state index >= 15 is 0 Å². The van der Waals surface area contributed by atoms with Crippen molar-refractivity contribution >= 4 is 11.8 Å². The topological polar surface area (TPSA) is 35.2 Å². The number of benzene rings is 1. The lowest BCUT2D eigenvalue weighted by atomic mass is 10.0. The van der Waals surface area contributed by atoms with Gasteiger partial charge in [-0.15, -0.1) is 0 Å². The molecule has 2 N–H and O–H groups in total. The van der Waals surface area contributed by atoms with E-state index in [1.807, 2.05) is 42.1 Å². The van der Waals surface area contributed by atoms with Gasteiger partial charge >= 0.3 is 0 Å². The molecule has 2 rings (SSSR count). The van der Waals surface area contributed by atoms with Gasteiger partial charge in [-0.25, -0.2) is 0 Å². The van der Waals surface area contributed by atoms with Crippen molar-refractivity contribution in [3.8, 4) is 5.75 Å². The predicted octanol–water partition coefficient (Wildman–Crippen LogP) is 2.15. The van der Waals surface area contributed by atoms with Crippen molar-refractivity contribution in [2.45, 2.75) is 12.5 Å². The number of thioether (sulfide) groups is 1. The van der Waals surface area contributed by atoms with E-state index in [0.717, 1.165) is 5.75 Å². The summed E-state index contributed by atoms with van der Waals surface area (Å²) in [6.45, 7) is 0.634. The van der Waals surface area contributed by atoms with Crippen LogP contribution < -0.4 is 10.5 Å². The lowest BCUT2D eigenvalue weighted by Crippen LogP contribution is -2.35. The second kappa shape index (κ2) is 5.42. The minimum absolute atomic E-state index is 0.181. The maximum atomic E-state index is 6.09. The molecule has 1 aromatic carbocycles. The fourth-order valence-electron chi connectivity index (χ4n) is 1.74. The molecule has 0 spiro atoms. The summed E-state index contributed by atoms with van der Waals surface area (Å²) in [4.78, 5) is 0. The van der Waals surface area contributed by atoms with Crippen molar-refractivity contribution in [3.63, 3.8) is 0 Å². The van der Waals surface area contributed by atoms with Crippen molar-refractivity contribution in [1.29, 1.82) is 0 Å². The van der Waals surface area contributed by atoms with E-state index in [1.165, 1.54) is 17.9 Å². The minimum Gasteiger partial charge on any atom is -0.492 e. The van der Waals surface area contributed by atoms with Crippen molar-refractivity contribution in [3.05, 3.63) is 30.3 Å². The summed E-state index contributed by atoms with van der Waals surface area (Å²) >= 11 is 2.00. The van der Waals surface area contributed by atoms with E-state index in [2.05, 4.69) is 0 Å². The Kier molecular flexibility index (Phi) is 3.92. The Morgan fingerprint density at radius 2 is 2.20 bits per heavy atom. The first-order valence-electron chi connectivity index (χ1n) is 5.37. The standard InChI is InChI=1S/C12H17NOS/c13-12(10-6-7-15-9-10)8-14-11-4-2-1-3-5-11/h1-5,10,12H,6-9,13H2. The van der Waals surface area contributed by atoms with Crippen molar-refractivity contribution in [1.82, 2.24) is 0 Å². The second-order valence-corrected chi connectivity index (χ2v) is 5.06. The van der Waals surface area contributed by atoms with Gasteiger partial charge in [0.25, 0.3) is 0 Å². The zero-order chi connectivity index (χ0) is 10.5. The third kappa shape index (κ3) is 3.14. The van der Waals surface area contributed by atoms with E-state index in [9.17, 15) is 0 Å². The molecule has 1 aromatic rings. The van der Waals surface area contributed by atoms with Gasteiger partial charge in [-0.3, -0.25) is 0 Å². The van der Waals surface area contributed by atoms with Gasteiger partial charge < -0.3 is 10.5 Å². The zero-order valence-electron chi connectivity index (χ0n) is 8.76. The Bertz CT molecular complexity index is 285. The minimum atomic E-state index is 0.181. The van der Waals surface area contributed by atoms with Crippen LogP contribution in [0.5, 0.6) is 5.75 Å². The summed E-state index contributed by atoms with van der Waals surface area (Å²) in [6.07, 6.45) is 1.24. The molecule has 1 fully saturated rings. The molecule has 1 aliphatic rings. The molecule has 1 aliphatic heterocycles. The number of hydrogen-bond donors (Lipinski definition) is 1. The molecule has 0 aliphatic carbocycles. The Morgan fingerprint density at radius 3 is 2.87 bits per heavy atom. The van der Waals surface area contributed by atoms with E-state index < -0.39 is 0 Å². The fourth-order valence-corrected chi connectivity index (χ4v) is 3.09. The highest BCUT2D eigenvalue weighted by Gasteiger charge is 2.22. The molecular weight excluding hydrogens is 206 g/mol. The quantitative estimate of drug-likeness (QED) is 0.849. The highest BCUT2D eigenvalue weighted by molar-refractivity contribution is 7.99. The Morgan fingerprint density at radius 1 is 1.40 bits per heavy atom. The largest absolute Gasteiger partial charge is 0.492 e. The average Bonchev–Trinajstić information content (AvgIpc) is 2.81. The van der Waals surface area contributed by atoms with Gasteiger partial charge in [-0.2, -0.15) is 11.8 Å². The molecule has 2 atom stereocenters. The van der Waals surface area contributed by atoms with E-state index in [4.69, 9.17) is 10.5 Å². The first kappa shape index (κ1) is 10.8. The number of rotatable bonds is 4. The summed E-state index contributed by atoms with van der Waals surface area (Å²) in [5.74, 6) is 4.00. The van der Waals surface area contributed by atoms with Crippen molar-refractivity contribution in [2.24, 2.45) is 11.7 Å². The molecule has 82 valence electrons. The third-order valence-electron chi connectivity index (χ3n) is 2.76. The van der Waals surface area contributed by atoms with Crippen LogP contribution in [0.2, 0.25) is 0 Å². The van der Waals surface area contributed by atoms with Crippen molar-refractivity contribution in [2.75, 3.05) is 18.1 Å². The molecule has 1 heterocycles. The van der Waals surface area contributed by atoms with Crippen LogP contribution >= 0.6 is 11.8 Å². The number of hydrogen-bond acceptors (Lipinski definition) is 3. The van der Waals surface area contributed by atoms with Crippen LogP contribution in [-0.2, 0) is 0 Å². The van der Waals surface area contributed by atoms with Gasteiger partial charge in [0, 0.05) is 6.04 Å². The highest BCUT2D eigenvalue weighted by Crippen LogP contribution is 2.25. The molecule has 3 heteroatoms. The van der Waals surface area contributed by atoms with E-state index in [-0.39, 0.29) is 6.04 Å². The van der Waals surface area contributed by atoms with Gasteiger partial charge in [0.1, 0.15) is 12.4 Å². The predicted molar refractivity (Wildman–Crippen MR) is 65.3 cm³/mol. The third-order valence-corrected chi connectivity index (χ3v) is 3.94. The molecule has 0 radical (unpaired) electrons. The van der Waals surface area contributed by atoms with Crippen LogP contribution in [-0.4, -0.2) is 24.2 Å². The highest BCUT2D eigenvalue weighted by atomic mass is 32.2. The Labute approximate surface area is 95.2 Å². The van der Waals surface area contributed by atoms with E-state index in [0.29, 0.717) is 12.5 Å². The van der Waals surface area contributed by atoms with Gasteiger partial charge in [-0.05, 0) is 36.0 Å². The first-order chi connectivity index (χ1) is 7.36. The summed E-state index contributed by atoms with van der Waals surface area (Å²) < 4.78 is 5.65. The van der Waals surface area contributed by atoms with Gasteiger partial charge in [0.15, 0.2) is 0 Å². The number of ether oxygens (including phenoxy) is 1. The lowest BCUT2D eigenvalue weighted by Gasteiger charge is -2.18. The molecule has 0 aromatic heterocycles. The van der Waals surface area contributed by atoms with Gasteiger partial charge in [0.2, 0.25) is 0 Å². The number of para-hydroxylation sites is 1. The van der Waals surface area contributed by atoms with Crippen molar-refractivity contribution < 1.29 is 4.74 Å². The smallest absolute Gasteiger partial charge is 0.119 e. The monoisotopic (exact) mass is 223 g/mol. The molecular formula is C12H17NOS. The summed E-state index contributed by atoms with van der Waals surface area (Å²) in [5.41, 5.74) is 6.09. The zero-order valence-corrected chi connectivity index (χ0v) is 9.58. The molecule has 1 saturated heterocycles.